The molecule has 9 nitrogen and oxygen atoms in total. The van der Waals surface area contributed by atoms with Gasteiger partial charge in [0, 0.05) is 12.8 Å². The molecule has 87 heavy (non-hydrogen) atoms. The predicted molar refractivity (Wildman–Crippen MR) is 373 cm³/mol. The standard InChI is InChI=1S/C78H133NO8/c1-6-8-10-12-14-16-18-20-22-24-26-28-30-32-34-36-37-38-39-41-42-44-46-48-50-52-54-56-58-60-62-64-66-68-75(80)85-72-74(73-86-78(77(82)83)84-71-70-79(3,4)5)87-76(81)69-67-65-63-61-59-57-55-53-51-49-47-45-43-40-35-33-31-29-27-25-23-21-19-17-15-13-11-9-7-2/h9,11,15,17-18,20-21,23-24,26-27,29,33,35,43,45,49,51,55,57,74,78H,6-8,10,12-14,16,19,22,25,28,30-32,34,36-42,44,46-48,50,52-54,56,58-73H2,1-5H3/p+1/b11-9-,17-15-,20-18-,23-21-,26-24-,29-27-,35-33-,45-43-,51-49-,57-55-. The second-order valence-corrected chi connectivity index (χ2v) is 24.8. The molecule has 0 aliphatic rings. The van der Waals surface area contributed by atoms with E-state index >= 15 is 0 Å². The van der Waals surface area contributed by atoms with Gasteiger partial charge in [0.1, 0.15) is 13.2 Å². The number of carbonyl (C=O) groups excluding carboxylic acids is 2. The first-order valence-corrected chi connectivity index (χ1v) is 35.7. The molecule has 0 aromatic rings. The monoisotopic (exact) mass is 1210 g/mol. The molecular weight excluding hydrogens is 1080 g/mol. The van der Waals surface area contributed by atoms with Crippen LogP contribution in [0.5, 0.6) is 0 Å². The molecular formula is C78H134NO8+. The maximum absolute atomic E-state index is 12.9. The summed E-state index contributed by atoms with van der Waals surface area (Å²) < 4.78 is 23.0. The highest BCUT2D eigenvalue weighted by Gasteiger charge is 2.25. The van der Waals surface area contributed by atoms with Crippen molar-refractivity contribution in [1.29, 1.82) is 0 Å². The van der Waals surface area contributed by atoms with Gasteiger partial charge in [0.25, 0.3) is 6.29 Å². The molecule has 0 heterocycles. The van der Waals surface area contributed by atoms with Crippen LogP contribution in [0.3, 0.4) is 0 Å². The van der Waals surface area contributed by atoms with Crippen LogP contribution in [0.1, 0.15) is 296 Å². The molecule has 2 unspecified atom stereocenters. The Balaban J connectivity index is 4.16. The van der Waals surface area contributed by atoms with Gasteiger partial charge >= 0.3 is 17.9 Å². The summed E-state index contributed by atoms with van der Waals surface area (Å²) in [7, 11) is 5.96. The molecule has 0 amide bonds. The van der Waals surface area contributed by atoms with Gasteiger partial charge in [0.15, 0.2) is 6.10 Å². The molecule has 0 aliphatic carbocycles. The van der Waals surface area contributed by atoms with Crippen molar-refractivity contribution >= 4 is 17.9 Å². The number of carbonyl (C=O) groups is 3. The number of ether oxygens (including phenoxy) is 4. The second kappa shape index (κ2) is 67.6. The molecule has 0 bridgehead atoms. The highest BCUT2D eigenvalue weighted by Crippen LogP contribution is 2.17. The minimum Gasteiger partial charge on any atom is -0.477 e. The van der Waals surface area contributed by atoms with Crippen molar-refractivity contribution in [3.05, 3.63) is 122 Å². The number of hydrogen-bond acceptors (Lipinski definition) is 7. The highest BCUT2D eigenvalue weighted by atomic mass is 16.7. The van der Waals surface area contributed by atoms with Gasteiger partial charge in [-0.15, -0.1) is 0 Å². The minimum absolute atomic E-state index is 0.177. The quantitative estimate of drug-likeness (QED) is 0.0211. The molecule has 1 N–H and O–H groups in total. The largest absolute Gasteiger partial charge is 0.477 e. The zero-order valence-electron chi connectivity index (χ0n) is 56.9. The Bertz CT molecular complexity index is 1840. The van der Waals surface area contributed by atoms with Crippen LogP contribution in [-0.4, -0.2) is 87.4 Å². The summed E-state index contributed by atoms with van der Waals surface area (Å²) in [4.78, 5) is 37.6. The van der Waals surface area contributed by atoms with Crippen LogP contribution in [0.2, 0.25) is 0 Å². The molecule has 0 aromatic heterocycles. The Labute approximate surface area is 536 Å². The van der Waals surface area contributed by atoms with E-state index in [0.717, 1.165) is 103 Å². The van der Waals surface area contributed by atoms with Gasteiger partial charge in [-0.2, -0.15) is 0 Å². The third-order valence-corrected chi connectivity index (χ3v) is 15.2. The van der Waals surface area contributed by atoms with Crippen LogP contribution >= 0.6 is 0 Å². The van der Waals surface area contributed by atoms with E-state index in [0.29, 0.717) is 23.9 Å². The summed E-state index contributed by atoms with van der Waals surface area (Å²) in [6.07, 6.45) is 93.2. The molecule has 9 heteroatoms. The lowest BCUT2D eigenvalue weighted by atomic mass is 10.0. The van der Waals surface area contributed by atoms with E-state index in [1.54, 1.807) is 0 Å². The molecule has 0 radical (unpaired) electrons. The molecule has 0 saturated carbocycles. The van der Waals surface area contributed by atoms with E-state index in [4.69, 9.17) is 18.9 Å². The molecule has 0 aliphatic heterocycles. The van der Waals surface area contributed by atoms with Crippen LogP contribution in [0.15, 0.2) is 122 Å². The first-order valence-electron chi connectivity index (χ1n) is 35.7. The fourth-order valence-corrected chi connectivity index (χ4v) is 9.77. The Morgan fingerprint density at radius 1 is 0.356 bits per heavy atom. The maximum atomic E-state index is 12.9. The summed E-state index contributed by atoms with van der Waals surface area (Å²) in [6.45, 7) is 4.74. The van der Waals surface area contributed by atoms with Crippen LogP contribution in [0, 0.1) is 0 Å². The maximum Gasteiger partial charge on any atom is 0.361 e. The summed E-state index contributed by atoms with van der Waals surface area (Å²) in [5.74, 6) is -2.04. The molecule has 0 aromatic carbocycles. The highest BCUT2D eigenvalue weighted by molar-refractivity contribution is 5.71. The van der Waals surface area contributed by atoms with Gasteiger partial charge < -0.3 is 28.5 Å². The van der Waals surface area contributed by atoms with E-state index in [1.165, 1.54) is 161 Å². The Morgan fingerprint density at radius 3 is 0.977 bits per heavy atom. The normalized spacial score (nSPS) is 13.4. The first kappa shape index (κ1) is 82.7. The lowest BCUT2D eigenvalue weighted by Gasteiger charge is -2.25. The zero-order chi connectivity index (χ0) is 63.3. The number of esters is 2. The molecule has 0 fully saturated rings. The smallest absolute Gasteiger partial charge is 0.361 e. The predicted octanol–water partition coefficient (Wildman–Crippen LogP) is 22.4. The lowest BCUT2D eigenvalue weighted by Crippen LogP contribution is -2.40. The number of quaternary nitrogens is 1. The molecule has 498 valence electrons. The van der Waals surface area contributed by atoms with Crippen molar-refractivity contribution in [2.75, 3.05) is 47.5 Å². The zero-order valence-corrected chi connectivity index (χ0v) is 56.9. The number of carboxylic acid groups (broad SMARTS) is 1. The molecule has 0 saturated heterocycles. The summed E-state index contributed by atoms with van der Waals surface area (Å²) >= 11 is 0. The Kier molecular flexibility index (Phi) is 64.3. The van der Waals surface area contributed by atoms with Crippen molar-refractivity contribution in [2.45, 2.75) is 309 Å². The topological polar surface area (TPSA) is 108 Å². The van der Waals surface area contributed by atoms with Crippen LogP contribution in [0.25, 0.3) is 0 Å². The van der Waals surface area contributed by atoms with Crippen molar-refractivity contribution in [3.63, 3.8) is 0 Å². The number of likely N-dealkylation sites (N-methyl/N-ethyl adjacent to an activating group) is 1. The van der Waals surface area contributed by atoms with Gasteiger partial charge in [-0.1, -0.05) is 296 Å². The summed E-state index contributed by atoms with van der Waals surface area (Å²) in [6, 6.07) is 0. The van der Waals surface area contributed by atoms with Gasteiger partial charge in [0.05, 0.1) is 34.4 Å². The van der Waals surface area contributed by atoms with Gasteiger partial charge in [0.2, 0.25) is 0 Å². The van der Waals surface area contributed by atoms with Crippen LogP contribution < -0.4 is 0 Å². The van der Waals surface area contributed by atoms with Crippen molar-refractivity contribution in [1.82, 2.24) is 0 Å². The number of aliphatic carboxylic acids is 1. The average molecular weight is 1210 g/mol. The molecule has 0 spiro atoms. The number of rotatable bonds is 65. The van der Waals surface area contributed by atoms with Crippen LogP contribution in [0.4, 0.5) is 0 Å². The number of carboxylic acids is 1. The van der Waals surface area contributed by atoms with Crippen molar-refractivity contribution in [3.8, 4) is 0 Å². The van der Waals surface area contributed by atoms with E-state index in [9.17, 15) is 19.5 Å². The first-order chi connectivity index (χ1) is 42.6. The SMILES string of the molecule is CC/C=C\C/C=C\C/C=C\C/C=C\C/C=C\C/C=C\C/C=C\C/C=C\CCCCCCC(=O)OC(COC(=O)CCCCCCCCCCCCCCCCCCCCCCC/C=C\C/C=C\CCCCCCC)COC(OCC[N+](C)(C)C)C(=O)O. The van der Waals surface area contributed by atoms with Gasteiger partial charge in [-0.25, -0.2) is 4.79 Å². The molecule has 2 atom stereocenters. The van der Waals surface area contributed by atoms with E-state index in [2.05, 4.69) is 135 Å². The second-order valence-electron chi connectivity index (χ2n) is 24.8. The van der Waals surface area contributed by atoms with Crippen molar-refractivity contribution in [2.24, 2.45) is 0 Å². The number of hydrogen-bond donors (Lipinski definition) is 1. The van der Waals surface area contributed by atoms with Gasteiger partial charge in [-0.3, -0.25) is 9.59 Å². The van der Waals surface area contributed by atoms with E-state index < -0.39 is 24.3 Å². The van der Waals surface area contributed by atoms with E-state index in [1.807, 2.05) is 21.1 Å². The minimum atomic E-state index is -1.53. The average Bonchev–Trinajstić information content (AvgIpc) is 3.57. The Morgan fingerprint density at radius 2 is 0.655 bits per heavy atom. The fraction of sp³-hybridized carbons (Fsp3) is 0.705. The van der Waals surface area contributed by atoms with Gasteiger partial charge in [-0.05, 0) is 109 Å². The molecule has 0 rings (SSSR count). The summed E-state index contributed by atoms with van der Waals surface area (Å²) in [5.41, 5.74) is 0. The fourth-order valence-electron chi connectivity index (χ4n) is 9.77. The summed E-state index contributed by atoms with van der Waals surface area (Å²) in [5, 5.41) is 9.75. The third kappa shape index (κ3) is 69.0. The number of allylic oxidation sites excluding steroid dienone is 20. The van der Waals surface area contributed by atoms with Crippen LogP contribution in [-0.2, 0) is 33.3 Å². The Hall–Kier alpha value is -4.31. The third-order valence-electron chi connectivity index (χ3n) is 15.2. The lowest BCUT2D eigenvalue weighted by molar-refractivity contribution is -0.870. The number of unbranched alkanes of at least 4 members (excludes halogenated alkanes) is 30. The number of nitrogens with zero attached hydrogens (tertiary/aromatic N) is 1. The van der Waals surface area contributed by atoms with E-state index in [-0.39, 0.29) is 32.2 Å². The van der Waals surface area contributed by atoms with Crippen molar-refractivity contribution < 1.29 is 42.9 Å².